The van der Waals surface area contributed by atoms with Crippen molar-refractivity contribution in [2.24, 2.45) is 5.92 Å². The molecule has 0 aromatic heterocycles. The van der Waals surface area contributed by atoms with Gasteiger partial charge in [0.25, 0.3) is 0 Å². The van der Waals surface area contributed by atoms with Crippen LogP contribution in [0.4, 0.5) is 0 Å². The van der Waals surface area contributed by atoms with Crippen LogP contribution in [-0.2, 0) is 4.74 Å². The number of ether oxygens (including phenoxy) is 2. The Morgan fingerprint density at radius 2 is 2.10 bits per heavy atom. The minimum Gasteiger partial charge on any atom is -0.496 e. The lowest BCUT2D eigenvalue weighted by atomic mass is 9.79. The highest BCUT2D eigenvalue weighted by atomic mass is 16.5. The third-order valence-corrected chi connectivity index (χ3v) is 5.25. The molecule has 2 fully saturated rings. The van der Waals surface area contributed by atoms with Gasteiger partial charge in [-0.1, -0.05) is 18.9 Å². The van der Waals surface area contributed by atoms with Crippen LogP contribution in [0.2, 0.25) is 0 Å². The van der Waals surface area contributed by atoms with Gasteiger partial charge in [-0.3, -0.25) is 0 Å². The molecule has 1 heterocycles. The van der Waals surface area contributed by atoms with Gasteiger partial charge >= 0.3 is 0 Å². The van der Waals surface area contributed by atoms with Crippen LogP contribution in [0, 0.1) is 12.8 Å². The zero-order valence-electron chi connectivity index (χ0n) is 13.1. The number of aryl methyl sites for hydroxylation is 1. The molecule has 2 unspecified atom stereocenters. The van der Waals surface area contributed by atoms with E-state index in [1.54, 1.807) is 7.11 Å². The average Bonchev–Trinajstić information content (AvgIpc) is 2.94. The fourth-order valence-corrected chi connectivity index (χ4v) is 4.06. The monoisotopic (exact) mass is 290 g/mol. The Labute approximate surface area is 127 Å². The van der Waals surface area contributed by atoms with E-state index in [1.807, 2.05) is 19.1 Å². The van der Waals surface area contributed by atoms with Gasteiger partial charge in [0.15, 0.2) is 0 Å². The van der Waals surface area contributed by atoms with Crippen LogP contribution < -0.4 is 4.74 Å². The van der Waals surface area contributed by atoms with Crippen molar-refractivity contribution in [1.29, 1.82) is 0 Å². The second kappa shape index (κ2) is 5.98. The number of methoxy groups -OCH3 is 1. The summed E-state index contributed by atoms with van der Waals surface area (Å²) >= 11 is 0. The third-order valence-electron chi connectivity index (χ3n) is 5.25. The van der Waals surface area contributed by atoms with Crippen LogP contribution in [-0.4, -0.2) is 24.4 Å². The van der Waals surface area contributed by atoms with Gasteiger partial charge in [-0.2, -0.15) is 0 Å². The standard InChI is InChI=1S/C18H26O3/c1-13-11-14(5-6-16(13)20-2)17(19)15-7-10-21-18(12-15)8-3-4-9-18/h5-6,11,15,17,19H,3-4,7-10,12H2,1-2H3. The molecule has 3 rings (SSSR count). The second-order valence-corrected chi connectivity index (χ2v) is 6.67. The molecule has 0 radical (unpaired) electrons. The molecule has 1 aromatic rings. The highest BCUT2D eigenvalue weighted by Crippen LogP contribution is 2.45. The van der Waals surface area contributed by atoms with E-state index in [1.165, 1.54) is 12.8 Å². The van der Waals surface area contributed by atoms with Crippen LogP contribution in [0.5, 0.6) is 5.75 Å². The Bertz CT molecular complexity index is 491. The van der Waals surface area contributed by atoms with Crippen molar-refractivity contribution in [1.82, 2.24) is 0 Å². The van der Waals surface area contributed by atoms with E-state index >= 15 is 0 Å². The molecule has 1 spiro atoms. The molecule has 1 saturated carbocycles. The third kappa shape index (κ3) is 2.95. The summed E-state index contributed by atoms with van der Waals surface area (Å²) in [5, 5.41) is 10.8. The van der Waals surface area contributed by atoms with Crippen LogP contribution in [0.15, 0.2) is 18.2 Å². The van der Waals surface area contributed by atoms with Crippen molar-refractivity contribution in [2.45, 2.75) is 57.2 Å². The molecule has 21 heavy (non-hydrogen) atoms. The molecule has 0 amide bonds. The Kier molecular flexibility index (Phi) is 4.23. The van der Waals surface area contributed by atoms with Crippen LogP contribution >= 0.6 is 0 Å². The van der Waals surface area contributed by atoms with E-state index in [4.69, 9.17) is 9.47 Å². The van der Waals surface area contributed by atoms with Crippen molar-refractivity contribution >= 4 is 0 Å². The number of hydrogen-bond acceptors (Lipinski definition) is 3. The molecule has 1 aromatic carbocycles. The molecule has 1 N–H and O–H groups in total. The summed E-state index contributed by atoms with van der Waals surface area (Å²) in [6.07, 6.45) is 6.42. The van der Waals surface area contributed by atoms with Crippen LogP contribution in [0.25, 0.3) is 0 Å². The minimum absolute atomic E-state index is 0.0609. The highest BCUT2D eigenvalue weighted by molar-refractivity contribution is 5.37. The average molecular weight is 290 g/mol. The van der Waals surface area contributed by atoms with Gasteiger partial charge in [-0.25, -0.2) is 0 Å². The maximum absolute atomic E-state index is 10.8. The summed E-state index contributed by atoms with van der Waals surface area (Å²) < 4.78 is 11.4. The molecular weight excluding hydrogens is 264 g/mol. The van der Waals surface area contributed by atoms with E-state index in [0.717, 1.165) is 49.2 Å². The quantitative estimate of drug-likeness (QED) is 0.921. The van der Waals surface area contributed by atoms with E-state index in [0.29, 0.717) is 5.92 Å². The minimum atomic E-state index is -0.393. The Balaban J connectivity index is 1.75. The van der Waals surface area contributed by atoms with Crippen molar-refractivity contribution < 1.29 is 14.6 Å². The summed E-state index contributed by atoms with van der Waals surface area (Å²) in [6, 6.07) is 6.01. The largest absolute Gasteiger partial charge is 0.496 e. The Hall–Kier alpha value is -1.06. The van der Waals surface area contributed by atoms with E-state index < -0.39 is 6.10 Å². The van der Waals surface area contributed by atoms with E-state index in [-0.39, 0.29) is 5.60 Å². The van der Waals surface area contributed by atoms with Gasteiger partial charge in [0.2, 0.25) is 0 Å². The van der Waals surface area contributed by atoms with Gasteiger partial charge in [-0.05, 0) is 61.8 Å². The number of aliphatic hydroxyl groups is 1. The maximum atomic E-state index is 10.8. The molecule has 1 aliphatic heterocycles. The molecule has 116 valence electrons. The van der Waals surface area contributed by atoms with Crippen molar-refractivity contribution in [3.63, 3.8) is 0 Å². The zero-order valence-corrected chi connectivity index (χ0v) is 13.1. The number of rotatable bonds is 3. The predicted molar refractivity (Wildman–Crippen MR) is 82.6 cm³/mol. The Morgan fingerprint density at radius 1 is 1.33 bits per heavy atom. The fourth-order valence-electron chi connectivity index (χ4n) is 4.06. The molecule has 3 nitrogen and oxygen atoms in total. The first-order chi connectivity index (χ1) is 10.1. The predicted octanol–water partition coefficient (Wildman–Crippen LogP) is 3.78. The lowest BCUT2D eigenvalue weighted by molar-refractivity contribution is -0.113. The summed E-state index contributed by atoms with van der Waals surface area (Å²) in [5.74, 6) is 1.19. The lowest BCUT2D eigenvalue weighted by Gasteiger charge is -2.40. The normalized spacial score (nSPS) is 26.0. The van der Waals surface area contributed by atoms with Gasteiger partial charge in [0, 0.05) is 6.61 Å². The first kappa shape index (κ1) is 14.9. The first-order valence-electron chi connectivity index (χ1n) is 8.10. The van der Waals surface area contributed by atoms with Gasteiger partial charge in [0.05, 0.1) is 18.8 Å². The van der Waals surface area contributed by atoms with Gasteiger partial charge in [-0.15, -0.1) is 0 Å². The van der Waals surface area contributed by atoms with Gasteiger partial charge < -0.3 is 14.6 Å². The summed E-state index contributed by atoms with van der Waals surface area (Å²) in [5.41, 5.74) is 2.15. The maximum Gasteiger partial charge on any atom is 0.121 e. The molecular formula is C18H26O3. The Morgan fingerprint density at radius 3 is 2.76 bits per heavy atom. The second-order valence-electron chi connectivity index (χ2n) is 6.67. The molecule has 2 aliphatic rings. The molecule has 1 aliphatic carbocycles. The number of benzene rings is 1. The fraction of sp³-hybridized carbons (Fsp3) is 0.667. The first-order valence-corrected chi connectivity index (χ1v) is 8.10. The molecule has 0 bridgehead atoms. The highest BCUT2D eigenvalue weighted by Gasteiger charge is 2.41. The lowest BCUT2D eigenvalue weighted by Crippen LogP contribution is -2.39. The van der Waals surface area contributed by atoms with Crippen LogP contribution in [0.1, 0.15) is 55.8 Å². The molecule has 3 heteroatoms. The zero-order chi connectivity index (χ0) is 14.9. The van der Waals surface area contributed by atoms with Crippen molar-refractivity contribution in [2.75, 3.05) is 13.7 Å². The van der Waals surface area contributed by atoms with Crippen molar-refractivity contribution in [3.8, 4) is 5.75 Å². The summed E-state index contributed by atoms with van der Waals surface area (Å²) in [6.45, 7) is 2.81. The van der Waals surface area contributed by atoms with Crippen LogP contribution in [0.3, 0.4) is 0 Å². The molecule has 2 atom stereocenters. The van der Waals surface area contributed by atoms with Crippen molar-refractivity contribution in [3.05, 3.63) is 29.3 Å². The van der Waals surface area contributed by atoms with Gasteiger partial charge in [0.1, 0.15) is 5.75 Å². The smallest absolute Gasteiger partial charge is 0.121 e. The summed E-state index contributed by atoms with van der Waals surface area (Å²) in [4.78, 5) is 0. The molecule has 1 saturated heterocycles. The number of hydrogen-bond donors (Lipinski definition) is 1. The topological polar surface area (TPSA) is 38.7 Å². The number of aliphatic hydroxyl groups excluding tert-OH is 1. The SMILES string of the molecule is COc1ccc(C(O)C2CCOC3(CCCC3)C2)cc1C. The van der Waals surface area contributed by atoms with E-state index in [2.05, 4.69) is 6.07 Å². The van der Waals surface area contributed by atoms with E-state index in [9.17, 15) is 5.11 Å². The summed E-state index contributed by atoms with van der Waals surface area (Å²) in [7, 11) is 1.68.